The standard InChI is InChI=1S/C11H13N3O/c12-7-8-6-9(3-4-10(8)13)14-5-1-2-11(14)15/h3-4,6-7,12H,1-2,5,13H2. The largest absolute Gasteiger partial charge is 0.398 e. The van der Waals surface area contributed by atoms with E-state index in [-0.39, 0.29) is 5.91 Å². The summed E-state index contributed by atoms with van der Waals surface area (Å²) in [6.07, 6.45) is 2.73. The predicted molar refractivity (Wildman–Crippen MR) is 60.3 cm³/mol. The molecule has 78 valence electrons. The fraction of sp³-hybridized carbons (Fsp3) is 0.273. The number of rotatable bonds is 2. The molecular formula is C11H13N3O. The third kappa shape index (κ3) is 1.70. The molecule has 15 heavy (non-hydrogen) atoms. The van der Waals surface area contributed by atoms with Crippen LogP contribution in [0.2, 0.25) is 0 Å². The fourth-order valence-electron chi connectivity index (χ4n) is 1.78. The van der Waals surface area contributed by atoms with Crippen LogP contribution in [0.3, 0.4) is 0 Å². The van der Waals surface area contributed by atoms with Gasteiger partial charge in [0, 0.05) is 36.1 Å². The van der Waals surface area contributed by atoms with Gasteiger partial charge in [-0.25, -0.2) is 0 Å². The van der Waals surface area contributed by atoms with Crippen LogP contribution in [0.5, 0.6) is 0 Å². The molecule has 1 heterocycles. The first-order valence-corrected chi connectivity index (χ1v) is 4.93. The van der Waals surface area contributed by atoms with E-state index in [1.54, 1.807) is 17.0 Å². The fourth-order valence-corrected chi connectivity index (χ4v) is 1.78. The second-order valence-electron chi connectivity index (χ2n) is 3.61. The van der Waals surface area contributed by atoms with Gasteiger partial charge in [0.05, 0.1) is 0 Å². The van der Waals surface area contributed by atoms with Crippen LogP contribution in [0.1, 0.15) is 18.4 Å². The molecule has 0 bridgehead atoms. The van der Waals surface area contributed by atoms with E-state index in [1.165, 1.54) is 6.21 Å². The maximum Gasteiger partial charge on any atom is 0.227 e. The van der Waals surface area contributed by atoms with Crippen LogP contribution in [0.25, 0.3) is 0 Å². The van der Waals surface area contributed by atoms with E-state index in [4.69, 9.17) is 11.1 Å². The van der Waals surface area contributed by atoms with Crippen LogP contribution in [-0.4, -0.2) is 18.7 Å². The Morgan fingerprint density at radius 2 is 2.27 bits per heavy atom. The Bertz CT molecular complexity index is 414. The van der Waals surface area contributed by atoms with E-state index < -0.39 is 0 Å². The van der Waals surface area contributed by atoms with E-state index in [0.717, 1.165) is 18.7 Å². The number of hydrogen-bond acceptors (Lipinski definition) is 3. The highest BCUT2D eigenvalue weighted by Gasteiger charge is 2.21. The molecule has 0 spiro atoms. The Morgan fingerprint density at radius 3 is 2.87 bits per heavy atom. The number of nitrogens with one attached hydrogen (secondary N) is 1. The number of anilines is 2. The van der Waals surface area contributed by atoms with Crippen molar-refractivity contribution in [1.29, 1.82) is 5.41 Å². The van der Waals surface area contributed by atoms with Crippen LogP contribution in [0, 0.1) is 5.41 Å². The zero-order chi connectivity index (χ0) is 10.8. The Morgan fingerprint density at radius 1 is 1.47 bits per heavy atom. The molecule has 3 N–H and O–H groups in total. The minimum atomic E-state index is 0.149. The molecule has 1 aliphatic rings. The SMILES string of the molecule is N=Cc1cc(N2CCCC2=O)ccc1N. The highest BCUT2D eigenvalue weighted by molar-refractivity contribution is 5.97. The number of benzene rings is 1. The van der Waals surface area contributed by atoms with Crippen LogP contribution < -0.4 is 10.6 Å². The molecule has 1 saturated heterocycles. The number of carbonyl (C=O) groups excluding carboxylic acids is 1. The normalized spacial score (nSPS) is 15.7. The lowest BCUT2D eigenvalue weighted by Gasteiger charge is -2.16. The molecule has 2 rings (SSSR count). The summed E-state index contributed by atoms with van der Waals surface area (Å²) in [4.78, 5) is 13.2. The van der Waals surface area contributed by atoms with Gasteiger partial charge in [0.2, 0.25) is 5.91 Å². The molecule has 0 radical (unpaired) electrons. The van der Waals surface area contributed by atoms with E-state index in [0.29, 0.717) is 17.7 Å². The number of nitrogens with zero attached hydrogens (tertiary/aromatic N) is 1. The predicted octanol–water partition coefficient (Wildman–Crippen LogP) is 1.39. The summed E-state index contributed by atoms with van der Waals surface area (Å²) in [5, 5.41) is 7.19. The van der Waals surface area contributed by atoms with E-state index >= 15 is 0 Å². The lowest BCUT2D eigenvalue weighted by Crippen LogP contribution is -2.23. The quantitative estimate of drug-likeness (QED) is 0.563. The van der Waals surface area contributed by atoms with Crippen molar-refractivity contribution in [3.63, 3.8) is 0 Å². The summed E-state index contributed by atoms with van der Waals surface area (Å²) >= 11 is 0. The molecule has 0 saturated carbocycles. The van der Waals surface area contributed by atoms with Gasteiger partial charge >= 0.3 is 0 Å². The number of amides is 1. The monoisotopic (exact) mass is 203 g/mol. The van der Waals surface area contributed by atoms with Gasteiger partial charge in [-0.05, 0) is 24.6 Å². The first-order chi connectivity index (χ1) is 7.22. The van der Waals surface area contributed by atoms with Crippen LogP contribution in [0.15, 0.2) is 18.2 Å². The molecule has 0 atom stereocenters. The third-order valence-electron chi connectivity index (χ3n) is 2.61. The van der Waals surface area contributed by atoms with Crippen LogP contribution >= 0.6 is 0 Å². The van der Waals surface area contributed by atoms with E-state index in [1.807, 2.05) is 6.07 Å². The van der Waals surface area contributed by atoms with Gasteiger partial charge in [0.25, 0.3) is 0 Å². The number of nitrogens with two attached hydrogens (primary N) is 1. The molecule has 1 aromatic rings. The van der Waals surface area contributed by atoms with Crippen molar-refractivity contribution in [2.24, 2.45) is 0 Å². The Labute approximate surface area is 88.2 Å². The molecule has 0 aliphatic carbocycles. The molecule has 1 aromatic carbocycles. The third-order valence-corrected chi connectivity index (χ3v) is 2.61. The van der Waals surface area contributed by atoms with Crippen molar-refractivity contribution in [2.75, 3.05) is 17.2 Å². The number of hydrogen-bond donors (Lipinski definition) is 2. The zero-order valence-corrected chi connectivity index (χ0v) is 8.36. The molecule has 0 aromatic heterocycles. The highest BCUT2D eigenvalue weighted by atomic mass is 16.2. The first kappa shape index (κ1) is 9.71. The maximum absolute atomic E-state index is 11.5. The number of carbonyl (C=O) groups is 1. The lowest BCUT2D eigenvalue weighted by molar-refractivity contribution is -0.117. The van der Waals surface area contributed by atoms with E-state index in [9.17, 15) is 4.79 Å². The van der Waals surface area contributed by atoms with Crippen molar-refractivity contribution < 1.29 is 4.79 Å². The van der Waals surface area contributed by atoms with Gasteiger partial charge in [0.15, 0.2) is 0 Å². The molecule has 0 unspecified atom stereocenters. The average Bonchev–Trinajstić information content (AvgIpc) is 2.65. The van der Waals surface area contributed by atoms with Crippen molar-refractivity contribution >= 4 is 23.5 Å². The zero-order valence-electron chi connectivity index (χ0n) is 8.36. The van der Waals surface area contributed by atoms with Gasteiger partial charge in [-0.1, -0.05) is 0 Å². The van der Waals surface area contributed by atoms with Gasteiger partial charge in [-0.3, -0.25) is 4.79 Å². The molecule has 1 amide bonds. The topological polar surface area (TPSA) is 70.2 Å². The average molecular weight is 203 g/mol. The summed E-state index contributed by atoms with van der Waals surface area (Å²) in [5.41, 5.74) is 7.75. The van der Waals surface area contributed by atoms with Gasteiger partial charge in [-0.15, -0.1) is 0 Å². The Kier molecular flexibility index (Phi) is 2.41. The second-order valence-corrected chi connectivity index (χ2v) is 3.61. The molecular weight excluding hydrogens is 190 g/mol. The summed E-state index contributed by atoms with van der Waals surface area (Å²) in [6.45, 7) is 0.764. The van der Waals surface area contributed by atoms with Crippen LogP contribution in [-0.2, 0) is 4.79 Å². The summed E-state index contributed by atoms with van der Waals surface area (Å²) in [5.74, 6) is 0.149. The lowest BCUT2D eigenvalue weighted by atomic mass is 10.1. The van der Waals surface area contributed by atoms with Crippen molar-refractivity contribution in [3.8, 4) is 0 Å². The second kappa shape index (κ2) is 3.73. The number of nitrogen functional groups attached to an aromatic ring is 1. The van der Waals surface area contributed by atoms with Gasteiger partial charge in [0.1, 0.15) is 0 Å². The minimum absolute atomic E-state index is 0.149. The molecule has 4 nitrogen and oxygen atoms in total. The van der Waals surface area contributed by atoms with E-state index in [2.05, 4.69) is 0 Å². The molecule has 1 fully saturated rings. The Hall–Kier alpha value is -1.84. The van der Waals surface area contributed by atoms with Crippen molar-refractivity contribution in [2.45, 2.75) is 12.8 Å². The van der Waals surface area contributed by atoms with Gasteiger partial charge in [-0.2, -0.15) is 0 Å². The molecule has 4 heteroatoms. The van der Waals surface area contributed by atoms with Gasteiger partial charge < -0.3 is 16.0 Å². The Balaban J connectivity index is 2.36. The summed E-state index contributed by atoms with van der Waals surface area (Å²) < 4.78 is 0. The summed E-state index contributed by atoms with van der Waals surface area (Å²) in [6, 6.07) is 5.35. The van der Waals surface area contributed by atoms with Crippen molar-refractivity contribution in [1.82, 2.24) is 0 Å². The maximum atomic E-state index is 11.5. The summed E-state index contributed by atoms with van der Waals surface area (Å²) in [7, 11) is 0. The van der Waals surface area contributed by atoms with Crippen molar-refractivity contribution in [3.05, 3.63) is 23.8 Å². The molecule has 1 aliphatic heterocycles. The smallest absolute Gasteiger partial charge is 0.227 e. The first-order valence-electron chi connectivity index (χ1n) is 4.93. The highest BCUT2D eigenvalue weighted by Crippen LogP contribution is 2.24. The minimum Gasteiger partial charge on any atom is -0.398 e. The van der Waals surface area contributed by atoms with Crippen LogP contribution in [0.4, 0.5) is 11.4 Å².